The lowest BCUT2D eigenvalue weighted by molar-refractivity contribution is 0.239. The van der Waals surface area contributed by atoms with Crippen LogP contribution in [0.25, 0.3) is 0 Å². The molecule has 2 unspecified atom stereocenters. The Kier molecular flexibility index (Phi) is 4.02. The summed E-state index contributed by atoms with van der Waals surface area (Å²) in [7, 11) is 0. The zero-order chi connectivity index (χ0) is 14.9. The Hall–Kier alpha value is -1.58. The summed E-state index contributed by atoms with van der Waals surface area (Å²) in [5, 5.41) is 4.10. The number of carbonyl (C=O) groups is 1. The highest BCUT2D eigenvalue weighted by atomic mass is 16.2. The molecule has 3 N–H and O–H groups in total. The van der Waals surface area contributed by atoms with Crippen molar-refractivity contribution < 1.29 is 4.79 Å². The van der Waals surface area contributed by atoms with Crippen LogP contribution < -0.4 is 11.2 Å². The maximum absolute atomic E-state index is 10.7. The van der Waals surface area contributed by atoms with E-state index in [0.29, 0.717) is 11.3 Å². The predicted octanol–water partition coefficient (Wildman–Crippen LogP) is 3.50. The lowest BCUT2D eigenvalue weighted by Gasteiger charge is -2.40. The van der Waals surface area contributed by atoms with Gasteiger partial charge >= 0.3 is 6.03 Å². The zero-order valence-corrected chi connectivity index (χ0v) is 12.9. The van der Waals surface area contributed by atoms with Crippen molar-refractivity contribution in [2.45, 2.75) is 53.4 Å². The van der Waals surface area contributed by atoms with Crippen LogP contribution in [0.1, 0.15) is 53.4 Å². The first-order valence-corrected chi connectivity index (χ1v) is 7.31. The highest BCUT2D eigenvalue weighted by molar-refractivity contribution is 5.97. The van der Waals surface area contributed by atoms with Crippen molar-refractivity contribution in [1.82, 2.24) is 5.43 Å². The molecule has 0 aliphatic heterocycles. The third-order valence-electron chi connectivity index (χ3n) is 5.05. The second-order valence-electron chi connectivity index (χ2n) is 6.45. The average Bonchev–Trinajstić information content (AvgIpc) is 2.80. The minimum Gasteiger partial charge on any atom is -0.350 e. The molecule has 0 aromatic carbocycles. The summed E-state index contributed by atoms with van der Waals surface area (Å²) >= 11 is 0. The fourth-order valence-corrected chi connectivity index (χ4v) is 3.67. The zero-order valence-electron chi connectivity index (χ0n) is 12.9. The van der Waals surface area contributed by atoms with E-state index in [2.05, 4.69) is 44.3 Å². The summed E-state index contributed by atoms with van der Waals surface area (Å²) in [5.74, 6) is 0.540. The smallest absolute Gasteiger partial charge is 0.332 e. The molecule has 4 heteroatoms. The minimum absolute atomic E-state index is 0.290. The number of allylic oxidation sites excluding steroid dienone is 4. The molecule has 0 aromatic rings. The fourth-order valence-electron chi connectivity index (χ4n) is 3.67. The summed E-state index contributed by atoms with van der Waals surface area (Å²) < 4.78 is 0. The van der Waals surface area contributed by atoms with Gasteiger partial charge in [0.1, 0.15) is 0 Å². The van der Waals surface area contributed by atoms with Crippen molar-refractivity contribution in [2.24, 2.45) is 22.2 Å². The largest absolute Gasteiger partial charge is 0.350 e. The third-order valence-corrected chi connectivity index (χ3v) is 5.05. The number of primary amides is 1. The van der Waals surface area contributed by atoms with Gasteiger partial charge in [-0.15, -0.1) is 0 Å². The molecule has 0 radical (unpaired) electrons. The van der Waals surface area contributed by atoms with Crippen molar-refractivity contribution >= 4 is 11.7 Å². The van der Waals surface area contributed by atoms with E-state index in [4.69, 9.17) is 5.73 Å². The van der Waals surface area contributed by atoms with Crippen LogP contribution in [0.4, 0.5) is 4.79 Å². The molecule has 0 aromatic heterocycles. The van der Waals surface area contributed by atoms with Gasteiger partial charge in [0.2, 0.25) is 0 Å². The molecule has 4 nitrogen and oxygen atoms in total. The molecule has 20 heavy (non-hydrogen) atoms. The maximum atomic E-state index is 10.7. The lowest BCUT2D eigenvalue weighted by Crippen LogP contribution is -2.34. The van der Waals surface area contributed by atoms with Crippen LogP contribution in [-0.4, -0.2) is 11.7 Å². The van der Waals surface area contributed by atoms with Crippen molar-refractivity contribution in [1.29, 1.82) is 0 Å². The Morgan fingerprint density at radius 2 is 2.20 bits per heavy atom. The number of rotatable bonds is 1. The van der Waals surface area contributed by atoms with Gasteiger partial charge in [-0.25, -0.2) is 10.2 Å². The van der Waals surface area contributed by atoms with E-state index < -0.39 is 6.03 Å². The number of nitrogens with zero attached hydrogens (tertiary/aromatic N) is 1. The number of hydrogen-bond acceptors (Lipinski definition) is 2. The van der Waals surface area contributed by atoms with Crippen molar-refractivity contribution in [3.63, 3.8) is 0 Å². The average molecular weight is 275 g/mol. The van der Waals surface area contributed by atoms with Crippen LogP contribution in [0.3, 0.4) is 0 Å². The van der Waals surface area contributed by atoms with Gasteiger partial charge < -0.3 is 5.73 Å². The number of nitrogens with two attached hydrogens (primary N) is 1. The van der Waals surface area contributed by atoms with E-state index in [9.17, 15) is 4.79 Å². The van der Waals surface area contributed by atoms with Crippen molar-refractivity contribution in [2.75, 3.05) is 0 Å². The van der Waals surface area contributed by atoms with E-state index in [0.717, 1.165) is 12.1 Å². The molecule has 110 valence electrons. The van der Waals surface area contributed by atoms with E-state index in [1.165, 1.54) is 30.4 Å². The van der Waals surface area contributed by atoms with Gasteiger partial charge in [0.25, 0.3) is 0 Å². The number of urea groups is 1. The van der Waals surface area contributed by atoms with Gasteiger partial charge in [0.05, 0.1) is 5.71 Å². The minimum atomic E-state index is -0.607. The SMILES string of the molecule is CC1=CC(=NNC(N)=O)CC(C)C12CCC(=C(C)C)C2. The number of hydrogen-bond donors (Lipinski definition) is 2. The van der Waals surface area contributed by atoms with Crippen LogP contribution >= 0.6 is 0 Å². The van der Waals surface area contributed by atoms with E-state index in [1.54, 1.807) is 5.57 Å². The molecule has 0 heterocycles. The molecule has 1 spiro atoms. The molecule has 1 saturated carbocycles. The fraction of sp³-hybridized carbons (Fsp3) is 0.625. The number of carbonyl (C=O) groups excluding carboxylic acids is 1. The van der Waals surface area contributed by atoms with Gasteiger partial charge in [0, 0.05) is 0 Å². The molecular formula is C16H25N3O. The molecule has 0 saturated heterocycles. The monoisotopic (exact) mass is 275 g/mol. The summed E-state index contributed by atoms with van der Waals surface area (Å²) in [6.45, 7) is 8.92. The van der Waals surface area contributed by atoms with Gasteiger partial charge in [0.15, 0.2) is 0 Å². The second-order valence-corrected chi connectivity index (χ2v) is 6.45. The summed E-state index contributed by atoms with van der Waals surface area (Å²) in [5.41, 5.74) is 13.1. The standard InChI is InChI=1S/C16H25N3O/c1-10(2)13-5-6-16(9-13)11(3)7-14(8-12(16)4)18-19-15(17)20/h7,12H,5-6,8-9H2,1-4H3,(H3,17,19,20). The Balaban J connectivity index is 2.26. The first kappa shape index (κ1) is 14.8. The van der Waals surface area contributed by atoms with E-state index in [-0.39, 0.29) is 0 Å². The predicted molar refractivity (Wildman–Crippen MR) is 82.4 cm³/mol. The second kappa shape index (κ2) is 5.43. The van der Waals surface area contributed by atoms with E-state index in [1.807, 2.05) is 0 Å². The molecule has 2 rings (SSSR count). The molecule has 2 atom stereocenters. The Morgan fingerprint density at radius 1 is 1.50 bits per heavy atom. The molecule has 2 amide bonds. The summed E-state index contributed by atoms with van der Waals surface area (Å²) in [6, 6.07) is -0.607. The molecular weight excluding hydrogens is 250 g/mol. The maximum Gasteiger partial charge on any atom is 0.332 e. The van der Waals surface area contributed by atoms with Crippen LogP contribution in [0.5, 0.6) is 0 Å². The first-order valence-electron chi connectivity index (χ1n) is 7.31. The number of hydrazone groups is 1. The molecule has 1 fully saturated rings. The van der Waals surface area contributed by atoms with E-state index >= 15 is 0 Å². The molecule has 0 bridgehead atoms. The van der Waals surface area contributed by atoms with Crippen LogP contribution in [0.2, 0.25) is 0 Å². The highest BCUT2D eigenvalue weighted by Gasteiger charge is 2.44. The Labute approximate surface area is 121 Å². The van der Waals surface area contributed by atoms with Gasteiger partial charge in [-0.1, -0.05) is 23.6 Å². The number of amides is 2. The van der Waals surface area contributed by atoms with Crippen LogP contribution in [-0.2, 0) is 0 Å². The van der Waals surface area contributed by atoms with Crippen LogP contribution in [0.15, 0.2) is 27.9 Å². The Morgan fingerprint density at radius 3 is 2.70 bits per heavy atom. The van der Waals surface area contributed by atoms with Crippen molar-refractivity contribution in [3.05, 3.63) is 22.8 Å². The summed E-state index contributed by atoms with van der Waals surface area (Å²) in [6.07, 6.45) is 6.64. The highest BCUT2D eigenvalue weighted by Crippen LogP contribution is 2.55. The van der Waals surface area contributed by atoms with Crippen molar-refractivity contribution in [3.8, 4) is 0 Å². The lowest BCUT2D eigenvalue weighted by atomic mass is 9.64. The topological polar surface area (TPSA) is 67.5 Å². The quantitative estimate of drug-likeness (QED) is 0.558. The van der Waals surface area contributed by atoms with Gasteiger partial charge in [-0.05, 0) is 63.9 Å². The third kappa shape index (κ3) is 2.65. The van der Waals surface area contributed by atoms with Gasteiger partial charge in [-0.2, -0.15) is 5.10 Å². The Bertz CT molecular complexity index is 512. The summed E-state index contributed by atoms with van der Waals surface area (Å²) in [4.78, 5) is 10.7. The molecule has 2 aliphatic carbocycles. The molecule has 2 aliphatic rings. The van der Waals surface area contributed by atoms with Crippen LogP contribution in [0, 0.1) is 11.3 Å². The first-order chi connectivity index (χ1) is 9.35. The number of nitrogens with one attached hydrogen (secondary N) is 1. The normalized spacial score (nSPS) is 31.6. The van der Waals surface area contributed by atoms with Gasteiger partial charge in [-0.3, -0.25) is 0 Å².